The first-order valence-corrected chi connectivity index (χ1v) is 11.4. The van der Waals surface area contributed by atoms with Crippen molar-refractivity contribution in [3.8, 4) is 22.6 Å². The summed E-state index contributed by atoms with van der Waals surface area (Å²) in [7, 11) is 0. The maximum absolute atomic E-state index is 11.1. The van der Waals surface area contributed by atoms with Gasteiger partial charge in [0.2, 0.25) is 0 Å². The summed E-state index contributed by atoms with van der Waals surface area (Å²) in [5, 5.41) is 9.09. The van der Waals surface area contributed by atoms with E-state index in [4.69, 9.17) is 14.6 Å². The first-order chi connectivity index (χ1) is 15.5. The normalized spacial score (nSPS) is 18.8. The number of benzene rings is 3. The number of carbonyl (C=O) groups is 1. The van der Waals surface area contributed by atoms with Crippen molar-refractivity contribution in [1.29, 1.82) is 0 Å². The number of rotatable bonds is 6. The number of hydrogen-bond donors (Lipinski definition) is 1. The van der Waals surface area contributed by atoms with Crippen molar-refractivity contribution < 1.29 is 19.4 Å². The molecule has 1 N–H and O–H groups in total. The zero-order valence-electron chi connectivity index (χ0n) is 18.5. The molecule has 4 nitrogen and oxygen atoms in total. The van der Waals surface area contributed by atoms with E-state index >= 15 is 0 Å². The Morgan fingerprint density at radius 1 is 1.09 bits per heavy atom. The van der Waals surface area contributed by atoms with Crippen LogP contribution in [-0.4, -0.2) is 17.7 Å². The summed E-state index contributed by atoms with van der Waals surface area (Å²) in [5.74, 6) is 1.10. The molecule has 0 unspecified atom stereocenters. The van der Waals surface area contributed by atoms with Crippen molar-refractivity contribution in [3.63, 3.8) is 0 Å². The minimum absolute atomic E-state index is 0.0219. The Morgan fingerprint density at radius 3 is 2.72 bits per heavy atom. The third-order valence-electron chi connectivity index (χ3n) is 6.62. The molecule has 2 atom stereocenters. The van der Waals surface area contributed by atoms with Crippen LogP contribution < -0.4 is 9.47 Å². The number of aliphatic carboxylic acids is 1. The fraction of sp³-hybridized carbons (Fsp3) is 0.321. The fourth-order valence-electron chi connectivity index (χ4n) is 5.01. The minimum Gasteiger partial charge on any atom is -0.492 e. The number of carboxylic acid groups (broad SMARTS) is 1. The average Bonchev–Trinajstić information content (AvgIpc) is 3.37. The Labute approximate surface area is 188 Å². The van der Waals surface area contributed by atoms with E-state index in [-0.39, 0.29) is 18.4 Å². The van der Waals surface area contributed by atoms with E-state index in [2.05, 4.69) is 56.3 Å². The Morgan fingerprint density at radius 2 is 1.91 bits per heavy atom. The summed E-state index contributed by atoms with van der Waals surface area (Å²) in [6.45, 7) is 4.89. The second-order valence-corrected chi connectivity index (χ2v) is 9.11. The molecular formula is C28H28O4. The molecule has 4 heteroatoms. The highest BCUT2D eigenvalue weighted by atomic mass is 16.5. The molecule has 1 aliphatic heterocycles. The van der Waals surface area contributed by atoms with Crippen LogP contribution in [0.3, 0.4) is 0 Å². The first-order valence-electron chi connectivity index (χ1n) is 11.4. The van der Waals surface area contributed by atoms with Crippen molar-refractivity contribution in [1.82, 2.24) is 0 Å². The van der Waals surface area contributed by atoms with Crippen LogP contribution >= 0.6 is 0 Å². The molecule has 32 heavy (non-hydrogen) atoms. The molecule has 0 bridgehead atoms. The largest absolute Gasteiger partial charge is 0.492 e. The molecule has 1 heterocycles. The smallest absolute Gasteiger partial charge is 0.304 e. The van der Waals surface area contributed by atoms with E-state index in [0.29, 0.717) is 12.5 Å². The van der Waals surface area contributed by atoms with Crippen molar-refractivity contribution in [2.75, 3.05) is 6.61 Å². The van der Waals surface area contributed by atoms with Gasteiger partial charge in [-0.3, -0.25) is 4.79 Å². The van der Waals surface area contributed by atoms with Gasteiger partial charge in [0, 0.05) is 17.5 Å². The van der Waals surface area contributed by atoms with Gasteiger partial charge in [-0.25, -0.2) is 0 Å². The monoisotopic (exact) mass is 428 g/mol. The lowest BCUT2D eigenvalue weighted by molar-refractivity contribution is -0.137. The predicted molar refractivity (Wildman–Crippen MR) is 125 cm³/mol. The number of fused-ring (bicyclic) bond motifs is 2. The van der Waals surface area contributed by atoms with Crippen molar-refractivity contribution in [2.24, 2.45) is 0 Å². The van der Waals surface area contributed by atoms with Gasteiger partial charge in [-0.15, -0.1) is 0 Å². The van der Waals surface area contributed by atoms with Crippen LogP contribution in [0.5, 0.6) is 11.5 Å². The first kappa shape index (κ1) is 20.6. The fourth-order valence-corrected chi connectivity index (χ4v) is 5.01. The summed E-state index contributed by atoms with van der Waals surface area (Å²) in [4.78, 5) is 11.1. The lowest BCUT2D eigenvalue weighted by Gasteiger charge is -2.17. The highest BCUT2D eigenvalue weighted by Crippen LogP contribution is 2.42. The molecule has 0 spiro atoms. The van der Waals surface area contributed by atoms with Crippen LogP contribution in [-0.2, 0) is 11.2 Å². The lowest BCUT2D eigenvalue weighted by atomic mass is 9.91. The number of ether oxygens (including phenoxy) is 2. The molecule has 3 aromatic rings. The SMILES string of the molecule is CC(C)c1ccccc1-c1ccc2c(c1)CC[C@H]2Oc1ccc2c(c1)OC[C@H]2CC(=O)O. The Bertz CT molecular complexity index is 1160. The van der Waals surface area contributed by atoms with Gasteiger partial charge in [0.1, 0.15) is 17.6 Å². The van der Waals surface area contributed by atoms with Crippen molar-refractivity contribution in [2.45, 2.75) is 51.0 Å². The predicted octanol–water partition coefficient (Wildman–Crippen LogP) is 6.49. The summed E-state index contributed by atoms with van der Waals surface area (Å²) >= 11 is 0. The van der Waals surface area contributed by atoms with Gasteiger partial charge in [-0.05, 0) is 52.6 Å². The van der Waals surface area contributed by atoms with Gasteiger partial charge in [0.25, 0.3) is 0 Å². The number of hydrogen-bond acceptors (Lipinski definition) is 3. The molecule has 0 saturated heterocycles. The van der Waals surface area contributed by atoms with E-state index < -0.39 is 5.97 Å². The summed E-state index contributed by atoms with van der Waals surface area (Å²) < 4.78 is 12.1. The topological polar surface area (TPSA) is 55.8 Å². The summed E-state index contributed by atoms with van der Waals surface area (Å²) in [5.41, 5.74) is 7.51. The number of carboxylic acids is 1. The molecule has 0 radical (unpaired) electrons. The van der Waals surface area contributed by atoms with Crippen molar-refractivity contribution in [3.05, 3.63) is 82.9 Å². The second kappa shape index (κ2) is 8.34. The standard InChI is InChI=1S/C28H28O4/c1-17(2)22-5-3-4-6-23(22)18-7-10-24-19(13-18)8-12-26(24)32-21-9-11-25-20(14-28(29)30)16-31-27(25)15-21/h3-7,9-11,13,15,17,20,26H,8,12,14,16H2,1-2H3,(H,29,30)/t20-,26-/m1/s1. The maximum Gasteiger partial charge on any atom is 0.304 e. The molecule has 0 fully saturated rings. The van der Waals surface area contributed by atoms with E-state index in [0.717, 1.165) is 29.9 Å². The molecule has 5 rings (SSSR count). The second-order valence-electron chi connectivity index (χ2n) is 9.11. The van der Waals surface area contributed by atoms with Gasteiger partial charge in [-0.1, -0.05) is 62.4 Å². The van der Waals surface area contributed by atoms with E-state index in [1.165, 1.54) is 27.8 Å². The van der Waals surface area contributed by atoms with Crippen molar-refractivity contribution >= 4 is 5.97 Å². The average molecular weight is 429 g/mol. The summed E-state index contributed by atoms with van der Waals surface area (Å²) in [6.07, 6.45) is 2.06. The highest BCUT2D eigenvalue weighted by molar-refractivity contribution is 5.70. The maximum atomic E-state index is 11.1. The van der Waals surface area contributed by atoms with Crippen LogP contribution in [0.1, 0.15) is 66.9 Å². The Balaban J connectivity index is 1.36. The van der Waals surface area contributed by atoms with Crippen LogP contribution in [0.25, 0.3) is 11.1 Å². The molecule has 0 aromatic heterocycles. The molecular weight excluding hydrogens is 400 g/mol. The van der Waals surface area contributed by atoms with Gasteiger partial charge >= 0.3 is 5.97 Å². The van der Waals surface area contributed by atoms with E-state index in [1.54, 1.807) is 0 Å². The van der Waals surface area contributed by atoms with Gasteiger partial charge in [0.05, 0.1) is 13.0 Å². The van der Waals surface area contributed by atoms with Crippen LogP contribution in [0.2, 0.25) is 0 Å². The van der Waals surface area contributed by atoms with Gasteiger partial charge < -0.3 is 14.6 Å². The van der Waals surface area contributed by atoms with Crippen LogP contribution in [0.4, 0.5) is 0 Å². The zero-order chi connectivity index (χ0) is 22.2. The Hall–Kier alpha value is -3.27. The molecule has 1 aliphatic carbocycles. The zero-order valence-corrected chi connectivity index (χ0v) is 18.5. The molecule has 2 aliphatic rings. The van der Waals surface area contributed by atoms with Crippen LogP contribution in [0.15, 0.2) is 60.7 Å². The summed E-state index contributed by atoms with van der Waals surface area (Å²) in [6, 6.07) is 21.2. The van der Waals surface area contributed by atoms with Crippen LogP contribution in [0, 0.1) is 0 Å². The van der Waals surface area contributed by atoms with E-state index in [1.807, 2.05) is 18.2 Å². The minimum atomic E-state index is -0.801. The van der Waals surface area contributed by atoms with Gasteiger partial charge in [-0.2, -0.15) is 0 Å². The molecule has 0 saturated carbocycles. The molecule has 3 aromatic carbocycles. The third-order valence-corrected chi connectivity index (χ3v) is 6.62. The van der Waals surface area contributed by atoms with Gasteiger partial charge in [0.15, 0.2) is 0 Å². The molecule has 0 amide bonds. The lowest BCUT2D eigenvalue weighted by Crippen LogP contribution is -2.07. The van der Waals surface area contributed by atoms with E-state index in [9.17, 15) is 4.79 Å². The quantitative estimate of drug-likeness (QED) is 0.487. The number of aryl methyl sites for hydroxylation is 1. The molecule has 164 valence electrons. The Kier molecular flexibility index (Phi) is 5.38. The highest BCUT2D eigenvalue weighted by Gasteiger charge is 2.28. The third kappa shape index (κ3) is 3.86.